The van der Waals surface area contributed by atoms with Gasteiger partial charge in [-0.1, -0.05) is 27.7 Å². The maximum Gasteiger partial charge on any atom is 0.171 e. The molecule has 3 nitrogen and oxygen atoms in total. The highest BCUT2D eigenvalue weighted by molar-refractivity contribution is 5.15. The second-order valence-corrected chi connectivity index (χ2v) is 13.1. The number of rotatable bonds is 0. The topological polar surface area (TPSA) is 38.7 Å². The van der Waals surface area contributed by atoms with Crippen molar-refractivity contribution in [3.05, 3.63) is 0 Å². The van der Waals surface area contributed by atoms with E-state index in [1.165, 1.54) is 44.9 Å². The Morgan fingerprint density at radius 2 is 1.63 bits per heavy atom. The SMILES string of the molecule is CC1CCC2(OC1)OC1CC3C4CC[C@@H]5C[C@@H](O)CCC5(C)C4CC[C@]3(C)C1C2C. The molecule has 2 heterocycles. The minimum Gasteiger partial charge on any atom is -0.393 e. The summed E-state index contributed by atoms with van der Waals surface area (Å²) < 4.78 is 13.4. The third-order valence-electron chi connectivity index (χ3n) is 11.9. The van der Waals surface area contributed by atoms with Crippen molar-refractivity contribution >= 4 is 0 Å². The van der Waals surface area contributed by atoms with Gasteiger partial charge in [-0.2, -0.15) is 0 Å². The van der Waals surface area contributed by atoms with Crippen molar-refractivity contribution < 1.29 is 14.6 Å². The normalized spacial score (nSPS) is 62.5. The highest BCUT2D eigenvalue weighted by Crippen LogP contribution is 2.71. The van der Waals surface area contributed by atoms with Crippen LogP contribution in [0.5, 0.6) is 0 Å². The Balaban J connectivity index is 1.26. The van der Waals surface area contributed by atoms with Gasteiger partial charge < -0.3 is 14.6 Å². The van der Waals surface area contributed by atoms with Crippen LogP contribution in [0.3, 0.4) is 0 Å². The predicted molar refractivity (Wildman–Crippen MR) is 118 cm³/mol. The van der Waals surface area contributed by atoms with E-state index in [1.54, 1.807) is 0 Å². The average molecular weight is 417 g/mol. The third-order valence-corrected chi connectivity index (χ3v) is 11.9. The van der Waals surface area contributed by atoms with Gasteiger partial charge in [0.2, 0.25) is 0 Å². The molecular formula is C27H44O3. The van der Waals surface area contributed by atoms with Crippen LogP contribution in [0.2, 0.25) is 0 Å². The quantitative estimate of drug-likeness (QED) is 0.543. The van der Waals surface area contributed by atoms with Crippen molar-refractivity contribution in [2.45, 2.75) is 110 Å². The van der Waals surface area contributed by atoms with E-state index in [-0.39, 0.29) is 11.9 Å². The van der Waals surface area contributed by atoms with Gasteiger partial charge in [-0.3, -0.25) is 0 Å². The van der Waals surface area contributed by atoms with Crippen molar-refractivity contribution in [2.75, 3.05) is 6.61 Å². The first-order chi connectivity index (χ1) is 14.3. The van der Waals surface area contributed by atoms with Crippen LogP contribution in [-0.2, 0) is 9.47 Å². The number of hydrogen-bond donors (Lipinski definition) is 1. The summed E-state index contributed by atoms with van der Waals surface area (Å²) in [7, 11) is 0. The lowest BCUT2D eigenvalue weighted by atomic mass is 9.44. The molecule has 1 spiro atoms. The van der Waals surface area contributed by atoms with Gasteiger partial charge in [0.05, 0.1) is 18.8 Å². The predicted octanol–water partition coefficient (Wildman–Crippen LogP) is 5.79. The molecule has 0 aromatic carbocycles. The molecule has 170 valence electrons. The Kier molecular flexibility index (Phi) is 4.58. The lowest BCUT2D eigenvalue weighted by Gasteiger charge is -2.61. The number of aliphatic hydroxyl groups is 1. The van der Waals surface area contributed by atoms with Crippen molar-refractivity contribution in [1.82, 2.24) is 0 Å². The van der Waals surface area contributed by atoms with Gasteiger partial charge in [-0.05, 0) is 104 Å². The van der Waals surface area contributed by atoms with Crippen LogP contribution in [-0.4, -0.2) is 29.7 Å². The molecule has 2 saturated heterocycles. The molecular weight excluding hydrogens is 372 g/mol. The summed E-state index contributed by atoms with van der Waals surface area (Å²) >= 11 is 0. The highest BCUT2D eigenvalue weighted by atomic mass is 16.7. The van der Waals surface area contributed by atoms with Crippen molar-refractivity contribution in [3.8, 4) is 0 Å². The molecule has 6 rings (SSSR count). The summed E-state index contributed by atoms with van der Waals surface area (Å²) in [6, 6.07) is 0. The van der Waals surface area contributed by atoms with Crippen LogP contribution in [0.15, 0.2) is 0 Å². The summed E-state index contributed by atoms with van der Waals surface area (Å²) in [5, 5.41) is 10.3. The van der Waals surface area contributed by atoms with Crippen LogP contribution in [0, 0.1) is 52.3 Å². The number of hydrogen-bond acceptors (Lipinski definition) is 3. The second-order valence-electron chi connectivity index (χ2n) is 13.1. The maximum atomic E-state index is 10.3. The maximum absolute atomic E-state index is 10.3. The lowest BCUT2D eigenvalue weighted by molar-refractivity contribution is -0.273. The van der Waals surface area contributed by atoms with Crippen LogP contribution in [0.4, 0.5) is 0 Å². The van der Waals surface area contributed by atoms with E-state index in [0.29, 0.717) is 34.7 Å². The molecule has 4 saturated carbocycles. The summed E-state index contributed by atoms with van der Waals surface area (Å²) in [5.74, 6) is 4.93. The van der Waals surface area contributed by atoms with Crippen LogP contribution in [0.25, 0.3) is 0 Å². The van der Waals surface area contributed by atoms with Crippen LogP contribution in [0.1, 0.15) is 91.9 Å². The van der Waals surface area contributed by atoms with Crippen molar-refractivity contribution in [1.29, 1.82) is 0 Å². The first-order valence-corrected chi connectivity index (χ1v) is 13.3. The zero-order valence-electron chi connectivity index (χ0n) is 19.7. The molecule has 6 aliphatic rings. The van der Waals surface area contributed by atoms with Gasteiger partial charge in [0.15, 0.2) is 5.79 Å². The van der Waals surface area contributed by atoms with E-state index in [2.05, 4.69) is 27.7 Å². The monoisotopic (exact) mass is 416 g/mol. The molecule has 1 N–H and O–H groups in total. The van der Waals surface area contributed by atoms with Crippen molar-refractivity contribution in [3.63, 3.8) is 0 Å². The largest absolute Gasteiger partial charge is 0.393 e. The van der Waals surface area contributed by atoms with Gasteiger partial charge in [0.25, 0.3) is 0 Å². The Bertz CT molecular complexity index is 684. The Morgan fingerprint density at radius 1 is 0.833 bits per heavy atom. The lowest BCUT2D eigenvalue weighted by Crippen LogP contribution is -2.55. The summed E-state index contributed by atoms with van der Waals surface area (Å²) in [6.07, 6.45) is 12.9. The molecule has 0 bridgehead atoms. The Labute approximate surface area is 183 Å². The summed E-state index contributed by atoms with van der Waals surface area (Å²) in [4.78, 5) is 0. The molecule has 6 fully saturated rings. The van der Waals surface area contributed by atoms with E-state index < -0.39 is 0 Å². The van der Waals surface area contributed by atoms with Crippen LogP contribution < -0.4 is 0 Å². The minimum absolute atomic E-state index is 0.0389. The number of ether oxygens (including phenoxy) is 2. The Morgan fingerprint density at radius 3 is 2.40 bits per heavy atom. The van der Waals surface area contributed by atoms with Gasteiger partial charge >= 0.3 is 0 Å². The van der Waals surface area contributed by atoms with E-state index in [4.69, 9.17) is 9.47 Å². The van der Waals surface area contributed by atoms with E-state index >= 15 is 0 Å². The molecule has 0 radical (unpaired) electrons. The van der Waals surface area contributed by atoms with Crippen LogP contribution >= 0.6 is 0 Å². The van der Waals surface area contributed by atoms with E-state index in [9.17, 15) is 5.11 Å². The molecule has 9 unspecified atom stereocenters. The number of fused-ring (bicyclic) bond motifs is 7. The molecule has 0 aromatic rings. The summed E-state index contributed by atoms with van der Waals surface area (Å²) in [5.41, 5.74) is 0.899. The fraction of sp³-hybridized carbons (Fsp3) is 1.00. The fourth-order valence-electron chi connectivity index (χ4n) is 10.3. The first-order valence-electron chi connectivity index (χ1n) is 13.3. The molecule has 4 aliphatic carbocycles. The summed E-state index contributed by atoms with van der Waals surface area (Å²) in [6.45, 7) is 10.9. The number of aliphatic hydroxyl groups excluding tert-OH is 1. The van der Waals surface area contributed by atoms with Gasteiger partial charge in [0, 0.05) is 12.3 Å². The van der Waals surface area contributed by atoms with Crippen molar-refractivity contribution in [2.24, 2.45) is 52.3 Å². The van der Waals surface area contributed by atoms with Gasteiger partial charge in [-0.25, -0.2) is 0 Å². The second kappa shape index (κ2) is 6.70. The molecule has 0 aromatic heterocycles. The average Bonchev–Trinajstić information content (AvgIpc) is 3.16. The first kappa shape index (κ1) is 20.5. The van der Waals surface area contributed by atoms with Gasteiger partial charge in [0.1, 0.15) is 0 Å². The molecule has 0 amide bonds. The smallest absolute Gasteiger partial charge is 0.171 e. The zero-order valence-corrected chi connectivity index (χ0v) is 19.7. The van der Waals surface area contributed by atoms with E-state index in [0.717, 1.165) is 49.5 Å². The van der Waals surface area contributed by atoms with E-state index in [1.807, 2.05) is 0 Å². The highest BCUT2D eigenvalue weighted by Gasteiger charge is 2.69. The molecule has 30 heavy (non-hydrogen) atoms. The molecule has 12 atom stereocenters. The minimum atomic E-state index is -0.282. The van der Waals surface area contributed by atoms with Gasteiger partial charge in [-0.15, -0.1) is 0 Å². The Hall–Kier alpha value is -0.120. The standard InChI is InChI=1S/C27H44O3/c1-16-7-12-27(29-15-16)17(2)24-23(30-27)14-22-20-6-5-18-13-19(28)8-10-25(18,3)21(20)9-11-26(22,24)4/h16-24,28H,5-15H2,1-4H3/t16?,17?,18-,19+,20?,21?,22?,23?,24?,25?,26+,27?/m1/s1. The third kappa shape index (κ3) is 2.61. The molecule has 3 heteroatoms. The fourth-order valence-corrected chi connectivity index (χ4v) is 10.3. The molecule has 2 aliphatic heterocycles. The zero-order chi connectivity index (χ0) is 20.9.